The molecule has 246 valence electrons. The number of aliphatic hydroxyl groups is 2. The SMILES string of the molecule is COC(COP(O)O)C(OP(O)(=S)OCC1OC(N2CNc3c2[nH]c(N)nc3=S)CC1O)C(O)Nc1[nH]c(N)nc(=S)c1N. The molecule has 1 saturated heterocycles. The van der Waals surface area contributed by atoms with Gasteiger partial charge in [-0.25, -0.2) is 9.97 Å². The molecule has 15 N–H and O–H groups in total. The van der Waals surface area contributed by atoms with Gasteiger partial charge in [0.05, 0.1) is 26.0 Å². The standard InChI is InChI=1S/C19H32N10O10P2S3/c1-35-8(3-36-40(32)33)12(15(31)24-13-10(20)16(42)27-18(21)25-13)39-41(34,44)37-4-7-6(30)2-9(38-7)29-5-23-11-14(29)26-19(22)28-17(11)43/h6-9,12,15,23,30-33H,2-5,20H2,1H3,(H,34,44)(H3,22,26,28,43)(H4,21,24,25,27,42). The third-order valence-corrected chi connectivity index (χ3v) is 8.99. The number of nitrogens with one attached hydrogen (secondary N) is 4. The van der Waals surface area contributed by atoms with Crippen LogP contribution in [0.1, 0.15) is 6.42 Å². The van der Waals surface area contributed by atoms with E-state index in [1.807, 2.05) is 0 Å². The van der Waals surface area contributed by atoms with Crippen molar-refractivity contribution in [2.24, 2.45) is 0 Å². The molecule has 2 aliphatic heterocycles. The van der Waals surface area contributed by atoms with Gasteiger partial charge in [-0.05, 0) is 11.8 Å². The molecule has 0 aliphatic carbocycles. The number of hydrogen-bond donors (Lipinski definition) is 12. The van der Waals surface area contributed by atoms with E-state index in [0.29, 0.717) is 18.2 Å². The second-order valence-corrected chi connectivity index (χ2v) is 13.7. The highest BCUT2D eigenvalue weighted by atomic mass is 32.5. The van der Waals surface area contributed by atoms with Crippen LogP contribution in [0.15, 0.2) is 0 Å². The van der Waals surface area contributed by atoms with Crippen LogP contribution in [-0.4, -0.2) is 109 Å². The summed E-state index contributed by atoms with van der Waals surface area (Å²) < 4.78 is 27.4. The number of methoxy groups -OCH3 is 1. The molecule has 0 aromatic carbocycles. The van der Waals surface area contributed by atoms with E-state index < -0.39 is 65.4 Å². The molecular formula is C19H32N10O10P2S3. The molecular weight excluding hydrogens is 686 g/mol. The topological polar surface area (TPSA) is 310 Å². The maximum Gasteiger partial charge on any atom is 0.327 e. The number of nitrogens with zero attached hydrogens (tertiary/aromatic N) is 3. The Labute approximate surface area is 266 Å². The van der Waals surface area contributed by atoms with Crippen LogP contribution in [0.3, 0.4) is 0 Å². The first kappa shape index (κ1) is 34.9. The summed E-state index contributed by atoms with van der Waals surface area (Å²) in [6.07, 6.45) is -7.03. The molecule has 44 heavy (non-hydrogen) atoms. The highest BCUT2D eigenvalue weighted by Gasteiger charge is 2.42. The maximum absolute atomic E-state index is 11.0. The van der Waals surface area contributed by atoms with Crippen molar-refractivity contribution in [2.45, 2.75) is 43.3 Å². The summed E-state index contributed by atoms with van der Waals surface area (Å²) >= 11 is 15.5. The van der Waals surface area contributed by atoms with E-state index in [1.54, 1.807) is 4.90 Å². The third kappa shape index (κ3) is 8.46. The fourth-order valence-corrected chi connectivity index (χ4v) is 6.54. The van der Waals surface area contributed by atoms with Gasteiger partial charge < -0.3 is 86.1 Å². The summed E-state index contributed by atoms with van der Waals surface area (Å²) in [6.45, 7) is -4.85. The van der Waals surface area contributed by atoms with Crippen LogP contribution in [0.5, 0.6) is 0 Å². The summed E-state index contributed by atoms with van der Waals surface area (Å²) in [5, 5.41) is 27.4. The molecule has 2 aliphatic rings. The molecule has 0 radical (unpaired) electrons. The monoisotopic (exact) mass is 718 g/mol. The molecule has 0 saturated carbocycles. The zero-order chi connectivity index (χ0) is 32.3. The average molecular weight is 719 g/mol. The molecule has 1 fully saturated rings. The van der Waals surface area contributed by atoms with Crippen LogP contribution < -0.4 is 32.7 Å². The van der Waals surface area contributed by atoms with Crippen molar-refractivity contribution in [3.63, 3.8) is 0 Å². The minimum Gasteiger partial charge on any atom is -0.393 e. The quantitative estimate of drug-likeness (QED) is 0.0652. The number of nitrogens with two attached hydrogens (primary N) is 3. The molecule has 0 amide bonds. The minimum atomic E-state index is -4.23. The number of nitrogen functional groups attached to an aromatic ring is 3. The predicted molar refractivity (Wildman–Crippen MR) is 167 cm³/mol. The lowest BCUT2D eigenvalue weighted by Gasteiger charge is -2.33. The number of ether oxygens (including phenoxy) is 2. The maximum atomic E-state index is 11.0. The van der Waals surface area contributed by atoms with Crippen LogP contribution in [-0.2, 0) is 34.9 Å². The van der Waals surface area contributed by atoms with Gasteiger partial charge in [0.15, 0.2) is 27.4 Å². The van der Waals surface area contributed by atoms with E-state index in [2.05, 4.69) is 30.6 Å². The van der Waals surface area contributed by atoms with Crippen molar-refractivity contribution in [3.8, 4) is 0 Å². The first-order valence-corrected chi connectivity index (χ1v) is 17.1. The highest BCUT2D eigenvalue weighted by molar-refractivity contribution is 8.07. The largest absolute Gasteiger partial charge is 0.393 e. The van der Waals surface area contributed by atoms with Gasteiger partial charge in [0.25, 0.3) is 0 Å². The Bertz CT molecular complexity index is 1490. The Morgan fingerprint density at radius 2 is 1.89 bits per heavy atom. The van der Waals surface area contributed by atoms with E-state index in [0.717, 1.165) is 0 Å². The third-order valence-electron chi connectivity index (χ3n) is 6.44. The second-order valence-electron chi connectivity index (χ2n) is 9.35. The van der Waals surface area contributed by atoms with Gasteiger partial charge in [-0.2, -0.15) is 0 Å². The van der Waals surface area contributed by atoms with Crippen LogP contribution in [0, 0.1) is 9.28 Å². The molecule has 20 nitrogen and oxygen atoms in total. The highest BCUT2D eigenvalue weighted by Crippen LogP contribution is 2.47. The van der Waals surface area contributed by atoms with Crippen LogP contribution in [0.25, 0.3) is 0 Å². The Hall–Kier alpha value is -1.92. The number of H-pyrrole nitrogens is 2. The van der Waals surface area contributed by atoms with Crippen molar-refractivity contribution < 1.29 is 47.9 Å². The van der Waals surface area contributed by atoms with Crippen LogP contribution in [0.4, 0.5) is 34.9 Å². The predicted octanol–water partition coefficient (Wildman–Crippen LogP) is -0.704. The molecule has 7 atom stereocenters. The van der Waals surface area contributed by atoms with Gasteiger partial charge in [0.1, 0.15) is 47.6 Å². The number of rotatable bonds is 14. The summed E-state index contributed by atoms with van der Waals surface area (Å²) in [6, 6.07) is 0. The molecule has 25 heteroatoms. The van der Waals surface area contributed by atoms with Crippen LogP contribution in [0.2, 0.25) is 0 Å². The zero-order valence-electron chi connectivity index (χ0n) is 22.8. The number of aromatic nitrogens is 4. The van der Waals surface area contributed by atoms with E-state index in [4.69, 9.17) is 76.5 Å². The van der Waals surface area contributed by atoms with E-state index in [-0.39, 0.29) is 39.1 Å². The summed E-state index contributed by atoms with van der Waals surface area (Å²) in [5.41, 5.74) is 17.9. The summed E-state index contributed by atoms with van der Waals surface area (Å²) in [4.78, 5) is 44.5. The van der Waals surface area contributed by atoms with Crippen molar-refractivity contribution in [3.05, 3.63) is 9.28 Å². The zero-order valence-corrected chi connectivity index (χ0v) is 27.0. The number of aliphatic hydroxyl groups excluding tert-OH is 2. The van der Waals surface area contributed by atoms with Gasteiger partial charge in [-0.3, -0.25) is 4.52 Å². The van der Waals surface area contributed by atoms with Gasteiger partial charge >= 0.3 is 15.3 Å². The Morgan fingerprint density at radius 1 is 1.20 bits per heavy atom. The lowest BCUT2D eigenvalue weighted by atomic mass is 10.2. The molecule has 7 unspecified atom stereocenters. The second kappa shape index (κ2) is 14.7. The smallest absolute Gasteiger partial charge is 0.327 e. The molecule has 2 aromatic heterocycles. The fraction of sp³-hybridized carbons (Fsp3) is 0.579. The Morgan fingerprint density at radius 3 is 2.57 bits per heavy atom. The molecule has 4 heterocycles. The number of hydrogen-bond acceptors (Lipinski definition) is 20. The van der Waals surface area contributed by atoms with Gasteiger partial charge in [0, 0.05) is 13.5 Å². The van der Waals surface area contributed by atoms with Crippen molar-refractivity contribution in [2.75, 3.05) is 59.7 Å². The first-order valence-electron chi connectivity index (χ1n) is 12.5. The minimum absolute atomic E-state index is 0.0393. The Balaban J connectivity index is 1.45. The van der Waals surface area contributed by atoms with Gasteiger partial charge in [0.2, 0.25) is 0 Å². The normalized spacial score (nSPS) is 23.2. The van der Waals surface area contributed by atoms with Crippen LogP contribution >= 0.6 is 39.8 Å². The van der Waals surface area contributed by atoms with Crippen molar-refractivity contribution in [1.82, 2.24) is 19.9 Å². The van der Waals surface area contributed by atoms with Gasteiger partial charge in [-0.15, -0.1) is 0 Å². The summed E-state index contributed by atoms with van der Waals surface area (Å²) in [7, 11) is -1.59. The summed E-state index contributed by atoms with van der Waals surface area (Å²) in [5.74, 6) is 0.495. The number of fused-ring (bicyclic) bond motifs is 1. The molecule has 0 spiro atoms. The van der Waals surface area contributed by atoms with Gasteiger partial charge in [-0.1, -0.05) is 24.4 Å². The molecule has 2 aromatic rings. The van der Waals surface area contributed by atoms with Crippen molar-refractivity contribution in [1.29, 1.82) is 0 Å². The van der Waals surface area contributed by atoms with E-state index in [1.165, 1.54) is 7.11 Å². The van der Waals surface area contributed by atoms with E-state index >= 15 is 0 Å². The lowest BCUT2D eigenvalue weighted by molar-refractivity contribution is -0.0788. The fourth-order valence-electron chi connectivity index (χ4n) is 4.36. The number of anilines is 6. The average Bonchev–Trinajstić information content (AvgIpc) is 3.52. The first-order chi connectivity index (χ1) is 20.7. The Kier molecular flexibility index (Phi) is 11.6. The lowest BCUT2D eigenvalue weighted by Crippen LogP contribution is -2.46. The molecule has 4 rings (SSSR count). The number of aromatic amines is 2. The molecule has 0 bridgehead atoms. The van der Waals surface area contributed by atoms with E-state index in [9.17, 15) is 24.9 Å². The van der Waals surface area contributed by atoms with Crippen molar-refractivity contribution >= 4 is 86.5 Å².